The van der Waals surface area contributed by atoms with Crippen molar-refractivity contribution in [2.75, 3.05) is 0 Å². The maximum absolute atomic E-state index is 12.9. The SMILES string of the molecule is CCc1c(C)sc2ncn3nc([C@H](C)Cn4nc(C(F)(F)F)cc4C)nc3c12. The Morgan fingerprint density at radius 2 is 1.96 bits per heavy atom. The van der Waals surface area contributed by atoms with E-state index in [1.165, 1.54) is 15.1 Å². The highest BCUT2D eigenvalue weighted by molar-refractivity contribution is 7.18. The van der Waals surface area contributed by atoms with Crippen LogP contribution in [0, 0.1) is 13.8 Å². The minimum atomic E-state index is -4.45. The lowest BCUT2D eigenvalue weighted by Crippen LogP contribution is -2.12. The van der Waals surface area contributed by atoms with Gasteiger partial charge in [0.25, 0.3) is 0 Å². The van der Waals surface area contributed by atoms with Crippen LogP contribution in [0.4, 0.5) is 13.2 Å². The van der Waals surface area contributed by atoms with Crippen molar-refractivity contribution in [1.29, 1.82) is 0 Å². The molecule has 0 spiro atoms. The smallest absolute Gasteiger partial charge is 0.269 e. The maximum atomic E-state index is 12.9. The Balaban J connectivity index is 1.71. The second kappa shape index (κ2) is 6.54. The van der Waals surface area contributed by atoms with Gasteiger partial charge in [0.2, 0.25) is 0 Å². The van der Waals surface area contributed by atoms with Gasteiger partial charge in [-0.25, -0.2) is 14.5 Å². The van der Waals surface area contributed by atoms with Crippen molar-refractivity contribution in [3.63, 3.8) is 0 Å². The Labute approximate surface area is 163 Å². The Hall–Kier alpha value is -2.49. The number of halogens is 3. The second-order valence-electron chi connectivity index (χ2n) is 6.91. The lowest BCUT2D eigenvalue weighted by atomic mass is 10.1. The average molecular weight is 408 g/mol. The summed E-state index contributed by atoms with van der Waals surface area (Å²) in [6.07, 6.45) is -1.94. The first-order valence-electron chi connectivity index (χ1n) is 8.94. The molecule has 4 rings (SSSR count). The van der Waals surface area contributed by atoms with E-state index in [1.807, 2.05) is 6.92 Å². The summed E-state index contributed by atoms with van der Waals surface area (Å²) in [7, 11) is 0. The zero-order chi connectivity index (χ0) is 20.2. The molecule has 0 aliphatic carbocycles. The van der Waals surface area contributed by atoms with Crippen LogP contribution in [0.5, 0.6) is 0 Å². The zero-order valence-corrected chi connectivity index (χ0v) is 16.7. The van der Waals surface area contributed by atoms with Crippen LogP contribution in [0.15, 0.2) is 12.4 Å². The predicted octanol–water partition coefficient (Wildman–Crippen LogP) is 4.54. The fraction of sp³-hybridized carbons (Fsp3) is 0.444. The second-order valence-corrected chi connectivity index (χ2v) is 8.11. The number of hydrogen-bond donors (Lipinski definition) is 0. The highest BCUT2D eigenvalue weighted by Crippen LogP contribution is 2.33. The first-order valence-corrected chi connectivity index (χ1v) is 9.75. The molecule has 4 aromatic rings. The molecule has 10 heteroatoms. The third-order valence-corrected chi connectivity index (χ3v) is 5.91. The van der Waals surface area contributed by atoms with Crippen LogP contribution < -0.4 is 0 Å². The molecule has 0 bridgehead atoms. The van der Waals surface area contributed by atoms with Gasteiger partial charge in [-0.3, -0.25) is 4.68 Å². The van der Waals surface area contributed by atoms with E-state index in [2.05, 4.69) is 29.0 Å². The Morgan fingerprint density at radius 1 is 1.21 bits per heavy atom. The molecule has 0 radical (unpaired) electrons. The van der Waals surface area contributed by atoms with E-state index < -0.39 is 11.9 Å². The molecule has 4 heterocycles. The summed E-state index contributed by atoms with van der Waals surface area (Å²) in [5.74, 6) is 0.350. The minimum absolute atomic E-state index is 0.209. The standard InChI is InChI=1S/C18H19F3N6S/c1-5-12-11(4)28-17-14(12)16-23-15(25-27(16)8-22-17)9(2)7-26-10(3)6-13(24-26)18(19,20)21/h6,8-9H,5,7H2,1-4H3/t9-/m1/s1. The number of alkyl halides is 3. The molecule has 0 aliphatic rings. The monoisotopic (exact) mass is 408 g/mol. The Bertz CT molecular complexity index is 1170. The molecular formula is C18H19F3N6S. The normalized spacial score (nSPS) is 13.7. The fourth-order valence-electron chi connectivity index (χ4n) is 3.39. The van der Waals surface area contributed by atoms with Crippen molar-refractivity contribution in [2.45, 2.75) is 52.8 Å². The molecule has 0 fully saturated rings. The lowest BCUT2D eigenvalue weighted by Gasteiger charge is -2.09. The van der Waals surface area contributed by atoms with Crippen LogP contribution >= 0.6 is 11.3 Å². The molecule has 0 saturated carbocycles. The van der Waals surface area contributed by atoms with Gasteiger partial charge in [-0.1, -0.05) is 13.8 Å². The van der Waals surface area contributed by atoms with E-state index in [-0.39, 0.29) is 12.5 Å². The highest BCUT2D eigenvalue weighted by atomic mass is 32.1. The molecule has 6 nitrogen and oxygen atoms in total. The van der Waals surface area contributed by atoms with Crippen LogP contribution in [-0.4, -0.2) is 29.4 Å². The molecule has 0 amide bonds. The quantitative estimate of drug-likeness (QED) is 0.498. The number of aromatic nitrogens is 6. The van der Waals surface area contributed by atoms with E-state index in [0.29, 0.717) is 11.5 Å². The van der Waals surface area contributed by atoms with Crippen LogP contribution in [0.25, 0.3) is 15.9 Å². The first kappa shape index (κ1) is 18.9. The molecule has 148 valence electrons. The summed E-state index contributed by atoms with van der Waals surface area (Å²) >= 11 is 1.63. The molecular weight excluding hydrogens is 389 g/mol. The Kier molecular flexibility index (Phi) is 4.40. The van der Waals surface area contributed by atoms with E-state index >= 15 is 0 Å². The van der Waals surface area contributed by atoms with E-state index in [9.17, 15) is 13.2 Å². The molecule has 0 saturated heterocycles. The third-order valence-electron chi connectivity index (χ3n) is 4.86. The maximum Gasteiger partial charge on any atom is 0.435 e. The van der Waals surface area contributed by atoms with Gasteiger partial charge in [0, 0.05) is 16.5 Å². The average Bonchev–Trinajstić information content (AvgIpc) is 3.28. The summed E-state index contributed by atoms with van der Waals surface area (Å²) < 4.78 is 41.7. The van der Waals surface area contributed by atoms with Crippen LogP contribution in [0.1, 0.15) is 47.4 Å². The zero-order valence-electron chi connectivity index (χ0n) is 15.9. The van der Waals surface area contributed by atoms with Crippen molar-refractivity contribution in [3.8, 4) is 0 Å². The third kappa shape index (κ3) is 3.05. The fourth-order valence-corrected chi connectivity index (χ4v) is 4.47. The topological polar surface area (TPSA) is 60.9 Å². The summed E-state index contributed by atoms with van der Waals surface area (Å²) in [5.41, 5.74) is 1.52. The molecule has 0 aromatic carbocycles. The molecule has 4 aromatic heterocycles. The summed E-state index contributed by atoms with van der Waals surface area (Å²) in [6, 6.07) is 1.05. The molecule has 0 aliphatic heterocycles. The van der Waals surface area contributed by atoms with Crippen LogP contribution in [-0.2, 0) is 19.1 Å². The minimum Gasteiger partial charge on any atom is -0.269 e. The molecule has 0 N–H and O–H groups in total. The Morgan fingerprint density at radius 3 is 2.61 bits per heavy atom. The molecule has 28 heavy (non-hydrogen) atoms. The predicted molar refractivity (Wildman–Crippen MR) is 101 cm³/mol. The van der Waals surface area contributed by atoms with Gasteiger partial charge in [-0.15, -0.1) is 16.4 Å². The number of aryl methyl sites for hydroxylation is 3. The van der Waals surface area contributed by atoms with Crippen molar-refractivity contribution in [3.05, 3.63) is 40.0 Å². The highest BCUT2D eigenvalue weighted by Gasteiger charge is 2.34. The summed E-state index contributed by atoms with van der Waals surface area (Å²) in [5, 5.41) is 9.22. The molecule has 1 atom stereocenters. The number of hydrogen-bond acceptors (Lipinski definition) is 5. The summed E-state index contributed by atoms with van der Waals surface area (Å²) in [6.45, 7) is 7.92. The van der Waals surface area contributed by atoms with Crippen LogP contribution in [0.2, 0.25) is 0 Å². The number of rotatable bonds is 4. The first-order chi connectivity index (χ1) is 13.2. The van der Waals surface area contributed by atoms with E-state index in [0.717, 1.165) is 28.4 Å². The summed E-state index contributed by atoms with van der Waals surface area (Å²) in [4.78, 5) is 11.3. The van der Waals surface area contributed by atoms with Gasteiger partial charge in [-0.2, -0.15) is 18.3 Å². The van der Waals surface area contributed by atoms with Gasteiger partial charge in [0.15, 0.2) is 17.2 Å². The molecule has 0 unspecified atom stereocenters. The van der Waals surface area contributed by atoms with Crippen molar-refractivity contribution < 1.29 is 13.2 Å². The van der Waals surface area contributed by atoms with Gasteiger partial charge >= 0.3 is 6.18 Å². The largest absolute Gasteiger partial charge is 0.435 e. The van der Waals surface area contributed by atoms with Crippen LogP contribution in [0.3, 0.4) is 0 Å². The van der Waals surface area contributed by atoms with Crippen molar-refractivity contribution in [1.82, 2.24) is 29.4 Å². The lowest BCUT2D eigenvalue weighted by molar-refractivity contribution is -0.141. The van der Waals surface area contributed by atoms with Crippen molar-refractivity contribution in [2.24, 2.45) is 0 Å². The van der Waals surface area contributed by atoms with Gasteiger partial charge in [0.05, 0.1) is 11.9 Å². The van der Waals surface area contributed by atoms with Crippen molar-refractivity contribution >= 4 is 27.2 Å². The van der Waals surface area contributed by atoms with E-state index in [4.69, 9.17) is 4.98 Å². The number of nitrogens with zero attached hydrogens (tertiary/aromatic N) is 6. The van der Waals surface area contributed by atoms with E-state index in [1.54, 1.807) is 29.1 Å². The van der Waals surface area contributed by atoms with Gasteiger partial charge in [0.1, 0.15) is 11.2 Å². The number of thiophene rings is 1. The van der Waals surface area contributed by atoms with Gasteiger partial charge < -0.3 is 0 Å². The van der Waals surface area contributed by atoms with Gasteiger partial charge in [-0.05, 0) is 31.9 Å². The number of fused-ring (bicyclic) bond motifs is 3.